The second-order valence-corrected chi connectivity index (χ2v) is 7.39. The molecule has 33 heavy (non-hydrogen) atoms. The molecular weight excluding hydrogens is 424 g/mol. The van der Waals surface area contributed by atoms with Gasteiger partial charge in [-0.2, -0.15) is 0 Å². The summed E-state index contributed by atoms with van der Waals surface area (Å²) in [6.07, 6.45) is -0.899. The summed E-state index contributed by atoms with van der Waals surface area (Å²) in [7, 11) is 1.56. The highest BCUT2D eigenvalue weighted by molar-refractivity contribution is 6.01. The highest BCUT2D eigenvalue weighted by atomic mass is 16.6. The summed E-state index contributed by atoms with van der Waals surface area (Å²) in [5, 5.41) is 0. The van der Waals surface area contributed by atoms with E-state index >= 15 is 0 Å². The number of ether oxygens (including phenoxy) is 3. The number of nitrogens with zero attached hydrogens (tertiary/aromatic N) is 1. The predicted octanol–water partition coefficient (Wildman–Crippen LogP) is 3.69. The molecule has 172 valence electrons. The molecule has 0 spiro atoms. The number of hydrogen-bond acceptors (Lipinski definition) is 6. The number of aryl methyl sites for hydroxylation is 1. The molecule has 0 bridgehead atoms. The molecule has 0 aliphatic rings. The Kier molecular flexibility index (Phi) is 7.50. The first-order valence-electron chi connectivity index (χ1n) is 10.4. The molecule has 0 radical (unpaired) electrons. The van der Waals surface area contributed by atoms with Gasteiger partial charge in [-0.15, -0.1) is 0 Å². The van der Waals surface area contributed by atoms with Crippen LogP contribution >= 0.6 is 0 Å². The van der Waals surface area contributed by atoms with Gasteiger partial charge in [0.25, 0.3) is 5.91 Å². The van der Waals surface area contributed by atoms with E-state index in [1.807, 2.05) is 6.07 Å². The highest BCUT2D eigenvalue weighted by Crippen LogP contribution is 2.19. The van der Waals surface area contributed by atoms with E-state index in [4.69, 9.17) is 14.2 Å². The van der Waals surface area contributed by atoms with Gasteiger partial charge in [0, 0.05) is 22.5 Å². The van der Waals surface area contributed by atoms with Gasteiger partial charge in [0.15, 0.2) is 12.7 Å². The summed E-state index contributed by atoms with van der Waals surface area (Å²) in [4.78, 5) is 37.4. The molecule has 0 aliphatic carbocycles. The molecule has 1 unspecified atom stereocenters. The monoisotopic (exact) mass is 450 g/mol. The average molecular weight is 450 g/mol. The number of hydrogen-bond donors (Lipinski definition) is 1. The number of carbonyl (C=O) groups excluding carboxylic acids is 3. The van der Waals surface area contributed by atoms with Gasteiger partial charge in [0.05, 0.1) is 7.11 Å². The van der Waals surface area contributed by atoms with E-state index in [-0.39, 0.29) is 11.7 Å². The standard InChI is InChI=1S/C25H26N2O6/c1-16-14-22(17(2)27(16)26-24(29)19-8-6-5-7-9-19)23(28)15-32-25(30)18(3)33-21-12-10-20(31-4)11-13-21/h5-14,18H,15H2,1-4H3,(H,26,29). The molecule has 0 saturated heterocycles. The van der Waals surface area contributed by atoms with Crippen molar-refractivity contribution in [3.05, 3.63) is 83.2 Å². The fourth-order valence-electron chi connectivity index (χ4n) is 3.21. The number of ketones is 1. The number of nitrogens with one attached hydrogen (secondary N) is 1. The van der Waals surface area contributed by atoms with E-state index in [1.165, 1.54) is 0 Å². The fourth-order valence-corrected chi connectivity index (χ4v) is 3.21. The van der Waals surface area contributed by atoms with E-state index in [2.05, 4.69) is 5.43 Å². The maximum atomic E-state index is 12.7. The number of aromatic nitrogens is 1. The van der Waals surface area contributed by atoms with Crippen LogP contribution in [0.15, 0.2) is 60.7 Å². The molecule has 0 saturated carbocycles. The zero-order valence-electron chi connectivity index (χ0n) is 19.0. The van der Waals surface area contributed by atoms with Crippen molar-refractivity contribution in [2.24, 2.45) is 0 Å². The lowest BCUT2D eigenvalue weighted by molar-refractivity contribution is -0.149. The number of benzene rings is 2. The van der Waals surface area contributed by atoms with Gasteiger partial charge in [0.1, 0.15) is 11.5 Å². The third-order valence-corrected chi connectivity index (χ3v) is 5.03. The number of methoxy groups -OCH3 is 1. The van der Waals surface area contributed by atoms with E-state index in [0.29, 0.717) is 34.0 Å². The lowest BCUT2D eigenvalue weighted by atomic mass is 10.1. The second-order valence-electron chi connectivity index (χ2n) is 7.39. The Morgan fingerprint density at radius 1 is 0.970 bits per heavy atom. The van der Waals surface area contributed by atoms with E-state index in [0.717, 1.165) is 0 Å². The summed E-state index contributed by atoms with van der Waals surface area (Å²) in [5.74, 6) is -0.198. The lowest BCUT2D eigenvalue weighted by Crippen LogP contribution is -2.28. The Bertz CT molecular complexity index is 1140. The highest BCUT2D eigenvalue weighted by Gasteiger charge is 2.21. The van der Waals surface area contributed by atoms with E-state index < -0.39 is 18.7 Å². The molecule has 1 aromatic heterocycles. The van der Waals surface area contributed by atoms with Crippen LogP contribution in [0.3, 0.4) is 0 Å². The zero-order chi connectivity index (χ0) is 24.0. The van der Waals surface area contributed by atoms with E-state index in [9.17, 15) is 14.4 Å². The van der Waals surface area contributed by atoms with Crippen LogP contribution in [0.1, 0.15) is 39.0 Å². The summed E-state index contributed by atoms with van der Waals surface area (Å²) < 4.78 is 17.3. The lowest BCUT2D eigenvalue weighted by Gasteiger charge is -2.14. The van der Waals surface area contributed by atoms with Gasteiger partial charge >= 0.3 is 5.97 Å². The summed E-state index contributed by atoms with van der Waals surface area (Å²) in [5.41, 5.74) is 4.85. The van der Waals surface area contributed by atoms with Crippen molar-refractivity contribution in [1.82, 2.24) is 4.68 Å². The third-order valence-electron chi connectivity index (χ3n) is 5.03. The molecule has 1 amide bonds. The van der Waals surface area contributed by atoms with Gasteiger partial charge in [-0.05, 0) is 63.2 Å². The molecule has 8 nitrogen and oxygen atoms in total. The largest absolute Gasteiger partial charge is 0.497 e. The van der Waals surface area contributed by atoms with Crippen LogP contribution in [0.4, 0.5) is 0 Å². The third kappa shape index (κ3) is 5.79. The van der Waals surface area contributed by atoms with Crippen molar-refractivity contribution >= 4 is 17.7 Å². The van der Waals surface area contributed by atoms with Crippen molar-refractivity contribution in [3.8, 4) is 11.5 Å². The second kappa shape index (κ2) is 10.5. The molecule has 2 aromatic carbocycles. The number of amides is 1. The number of Topliss-reactive ketones (excluding diaryl/α,β-unsaturated/α-hetero) is 1. The molecule has 0 fully saturated rings. The SMILES string of the molecule is COc1ccc(OC(C)C(=O)OCC(=O)c2cc(C)n(NC(=O)c3ccccc3)c2C)cc1. The van der Waals surface area contributed by atoms with E-state index in [1.54, 1.807) is 87.2 Å². The first kappa shape index (κ1) is 23.6. The predicted molar refractivity (Wildman–Crippen MR) is 122 cm³/mol. The minimum absolute atomic E-state index is 0.299. The van der Waals surface area contributed by atoms with Crippen molar-refractivity contribution < 1.29 is 28.6 Å². The summed E-state index contributed by atoms with van der Waals surface area (Å²) in [6.45, 7) is 4.59. The average Bonchev–Trinajstić information content (AvgIpc) is 3.11. The normalized spacial score (nSPS) is 11.4. The Hall–Kier alpha value is -4.07. The summed E-state index contributed by atoms with van der Waals surface area (Å²) >= 11 is 0. The maximum absolute atomic E-state index is 12.7. The van der Waals surface area contributed by atoms with Crippen molar-refractivity contribution in [2.75, 3.05) is 19.1 Å². The van der Waals surface area contributed by atoms with Crippen LogP contribution in [-0.4, -0.2) is 42.2 Å². The van der Waals surface area contributed by atoms with Crippen molar-refractivity contribution in [2.45, 2.75) is 26.9 Å². The molecule has 1 heterocycles. The van der Waals surface area contributed by atoms with Crippen LogP contribution in [0.2, 0.25) is 0 Å². The Morgan fingerprint density at radius 3 is 2.24 bits per heavy atom. The van der Waals surface area contributed by atoms with Crippen LogP contribution in [-0.2, 0) is 9.53 Å². The Labute approximate surface area is 192 Å². The molecule has 3 rings (SSSR count). The molecule has 3 aromatic rings. The maximum Gasteiger partial charge on any atom is 0.347 e. The van der Waals surface area contributed by atoms with Gasteiger partial charge in [-0.3, -0.25) is 19.7 Å². The van der Waals surface area contributed by atoms with Crippen LogP contribution in [0, 0.1) is 13.8 Å². The van der Waals surface area contributed by atoms with Crippen LogP contribution in [0.5, 0.6) is 11.5 Å². The Balaban J connectivity index is 1.59. The fraction of sp³-hybridized carbons (Fsp3) is 0.240. The number of carbonyl (C=O) groups is 3. The van der Waals surface area contributed by atoms with Crippen molar-refractivity contribution in [3.63, 3.8) is 0 Å². The smallest absolute Gasteiger partial charge is 0.347 e. The first-order valence-corrected chi connectivity index (χ1v) is 10.4. The minimum Gasteiger partial charge on any atom is -0.497 e. The van der Waals surface area contributed by atoms with Gasteiger partial charge in [-0.1, -0.05) is 18.2 Å². The summed E-state index contributed by atoms with van der Waals surface area (Å²) in [6, 6.07) is 17.2. The molecule has 8 heteroatoms. The van der Waals surface area contributed by atoms with Crippen molar-refractivity contribution in [1.29, 1.82) is 0 Å². The van der Waals surface area contributed by atoms with Gasteiger partial charge in [0.2, 0.25) is 5.78 Å². The zero-order valence-corrected chi connectivity index (χ0v) is 19.0. The quantitative estimate of drug-likeness (QED) is 0.395. The van der Waals surface area contributed by atoms with Crippen LogP contribution in [0.25, 0.3) is 0 Å². The van der Waals surface area contributed by atoms with Gasteiger partial charge < -0.3 is 14.2 Å². The van der Waals surface area contributed by atoms with Crippen LogP contribution < -0.4 is 14.9 Å². The minimum atomic E-state index is -0.899. The molecule has 1 atom stereocenters. The Morgan fingerprint density at radius 2 is 1.61 bits per heavy atom. The topological polar surface area (TPSA) is 95.9 Å². The van der Waals surface area contributed by atoms with Gasteiger partial charge in [-0.25, -0.2) is 4.79 Å². The molecule has 1 N–H and O–H groups in total. The molecule has 0 aliphatic heterocycles. The number of esters is 1. The first-order chi connectivity index (χ1) is 15.8. The number of rotatable bonds is 9. The molecular formula is C25H26N2O6.